The maximum absolute atomic E-state index is 10.5. The zero-order chi connectivity index (χ0) is 17.8. The molecule has 0 amide bonds. The predicted molar refractivity (Wildman–Crippen MR) is 85.8 cm³/mol. The summed E-state index contributed by atoms with van der Waals surface area (Å²) in [5.74, 6) is -3.28. The van der Waals surface area contributed by atoms with Crippen LogP contribution in [0.3, 0.4) is 0 Å². The normalized spacial score (nSPS) is 31.5. The molecule has 2 fully saturated rings. The Morgan fingerprint density at radius 1 is 1.04 bits per heavy atom. The van der Waals surface area contributed by atoms with Gasteiger partial charge in [-0.2, -0.15) is 0 Å². The van der Waals surface area contributed by atoms with Crippen molar-refractivity contribution in [3.63, 3.8) is 0 Å². The number of fused-ring (bicyclic) bond motifs is 1. The van der Waals surface area contributed by atoms with Crippen molar-refractivity contribution in [2.75, 3.05) is 27.8 Å². The Morgan fingerprint density at radius 3 is 2.33 bits per heavy atom. The molecule has 2 atom stereocenters. The van der Waals surface area contributed by atoms with Crippen molar-refractivity contribution in [2.45, 2.75) is 42.3 Å². The molecule has 0 spiro atoms. The number of likely N-dealkylation sites (N-methyl/N-ethyl adjacent to an activating group) is 1. The Morgan fingerprint density at radius 2 is 1.71 bits per heavy atom. The highest BCUT2D eigenvalue weighted by molar-refractivity contribution is 5.47. The second-order valence-electron chi connectivity index (χ2n) is 7.07. The van der Waals surface area contributed by atoms with Crippen LogP contribution in [-0.2, 0) is 5.41 Å². The van der Waals surface area contributed by atoms with E-state index in [9.17, 15) is 20.4 Å². The van der Waals surface area contributed by atoms with E-state index in [2.05, 4.69) is 0 Å². The monoisotopic (exact) mass is 339 g/mol. The van der Waals surface area contributed by atoms with Crippen LogP contribution in [-0.4, -0.2) is 70.8 Å². The fourth-order valence-electron chi connectivity index (χ4n) is 4.68. The average molecular weight is 339 g/mol. The third kappa shape index (κ3) is 2.57. The summed E-state index contributed by atoms with van der Waals surface area (Å²) < 4.78 is 10.6. The molecule has 1 aromatic carbocycles. The number of likely N-dealkylation sites (tertiary alicyclic amines) is 1. The van der Waals surface area contributed by atoms with Gasteiger partial charge in [0.25, 0.3) is 0 Å². The Labute approximate surface area is 141 Å². The van der Waals surface area contributed by atoms with E-state index in [1.54, 1.807) is 19.2 Å². The van der Waals surface area contributed by atoms with Crippen molar-refractivity contribution in [1.29, 1.82) is 0 Å². The van der Waals surface area contributed by atoms with Gasteiger partial charge < -0.3 is 29.9 Å². The molecule has 4 N–H and O–H groups in total. The second-order valence-corrected chi connectivity index (χ2v) is 7.07. The van der Waals surface area contributed by atoms with Gasteiger partial charge in [-0.25, -0.2) is 0 Å². The molecule has 134 valence electrons. The first kappa shape index (κ1) is 17.4. The second kappa shape index (κ2) is 5.57. The van der Waals surface area contributed by atoms with Crippen LogP contribution in [0.1, 0.15) is 24.8 Å². The van der Waals surface area contributed by atoms with Crippen LogP contribution < -0.4 is 9.47 Å². The highest BCUT2D eigenvalue weighted by atomic mass is 16.5. The fraction of sp³-hybridized carbons (Fsp3) is 0.647. The maximum atomic E-state index is 10.5. The third-order valence-corrected chi connectivity index (χ3v) is 5.41. The van der Waals surface area contributed by atoms with Gasteiger partial charge >= 0.3 is 0 Å². The van der Waals surface area contributed by atoms with E-state index in [1.165, 1.54) is 7.11 Å². The number of hydrogen-bond donors (Lipinski definition) is 4. The minimum atomic E-state index is -2.21. The fourth-order valence-corrected chi connectivity index (χ4v) is 4.68. The molecule has 1 unspecified atom stereocenters. The number of methoxy groups -OCH3 is 2. The van der Waals surface area contributed by atoms with Gasteiger partial charge in [0.1, 0.15) is 0 Å². The van der Waals surface area contributed by atoms with Crippen LogP contribution in [0.5, 0.6) is 11.5 Å². The van der Waals surface area contributed by atoms with Crippen molar-refractivity contribution in [1.82, 2.24) is 4.90 Å². The first-order valence-electron chi connectivity index (χ1n) is 7.97. The van der Waals surface area contributed by atoms with E-state index in [-0.39, 0.29) is 6.42 Å². The molecule has 0 aromatic heterocycles. The smallest absolute Gasteiger partial charge is 0.184 e. The largest absolute Gasteiger partial charge is 0.493 e. The topological polar surface area (TPSA) is 103 Å². The van der Waals surface area contributed by atoms with Gasteiger partial charge in [-0.1, -0.05) is 6.07 Å². The number of benzene rings is 1. The Hall–Kier alpha value is -1.38. The number of hydrogen-bond acceptors (Lipinski definition) is 7. The number of nitrogens with zero attached hydrogens (tertiary/aromatic N) is 1. The van der Waals surface area contributed by atoms with Crippen molar-refractivity contribution in [3.8, 4) is 11.5 Å². The molecule has 1 aliphatic heterocycles. The molecule has 1 saturated heterocycles. The van der Waals surface area contributed by atoms with Gasteiger partial charge in [-0.05, 0) is 37.7 Å². The van der Waals surface area contributed by atoms with Gasteiger partial charge in [0.05, 0.1) is 26.7 Å². The quantitative estimate of drug-likeness (QED) is 0.566. The lowest BCUT2D eigenvalue weighted by Gasteiger charge is -2.52. The first-order valence-corrected chi connectivity index (χ1v) is 7.97. The number of rotatable bonds is 3. The van der Waals surface area contributed by atoms with E-state index in [1.807, 2.05) is 18.0 Å². The molecule has 0 radical (unpaired) electrons. The van der Waals surface area contributed by atoms with Crippen molar-refractivity contribution in [3.05, 3.63) is 23.8 Å². The van der Waals surface area contributed by atoms with Gasteiger partial charge in [-0.3, -0.25) is 4.90 Å². The summed E-state index contributed by atoms with van der Waals surface area (Å²) in [6, 6.07) is 4.71. The van der Waals surface area contributed by atoms with Crippen LogP contribution in [0.25, 0.3) is 0 Å². The van der Waals surface area contributed by atoms with Crippen LogP contribution in [0.2, 0.25) is 0 Å². The summed E-state index contributed by atoms with van der Waals surface area (Å²) >= 11 is 0. The highest BCUT2D eigenvalue weighted by Crippen LogP contribution is 2.54. The lowest BCUT2D eigenvalue weighted by atomic mass is 9.62. The average Bonchev–Trinajstić information content (AvgIpc) is 2.83. The van der Waals surface area contributed by atoms with Gasteiger partial charge in [0.15, 0.2) is 23.1 Å². The molecule has 0 bridgehead atoms. The molecule has 1 aromatic rings. The summed E-state index contributed by atoms with van der Waals surface area (Å²) in [5, 5.41) is 41.6. The number of ether oxygens (including phenoxy) is 2. The zero-order valence-electron chi connectivity index (χ0n) is 14.2. The third-order valence-electron chi connectivity index (χ3n) is 5.41. The Balaban J connectivity index is 2.15. The van der Waals surface area contributed by atoms with Crippen LogP contribution in [0.15, 0.2) is 18.2 Å². The highest BCUT2D eigenvalue weighted by Gasteiger charge is 2.64. The van der Waals surface area contributed by atoms with E-state index < -0.39 is 29.5 Å². The van der Waals surface area contributed by atoms with E-state index in [4.69, 9.17) is 9.47 Å². The van der Waals surface area contributed by atoms with Gasteiger partial charge in [0.2, 0.25) is 0 Å². The Bertz CT molecular complexity index is 632. The molecule has 24 heavy (non-hydrogen) atoms. The minimum absolute atomic E-state index is 0.0212. The predicted octanol–water partition coefficient (Wildman–Crippen LogP) is -0.199. The van der Waals surface area contributed by atoms with E-state index in [0.29, 0.717) is 24.5 Å². The number of aliphatic hydroxyl groups is 4. The summed E-state index contributed by atoms with van der Waals surface area (Å²) in [7, 11) is 4.89. The Kier molecular flexibility index (Phi) is 4.05. The zero-order valence-corrected chi connectivity index (χ0v) is 14.2. The SMILES string of the molecule is COc1ccc([C@]23CCN(C)C2C(O)(O)CC(O)(O)C3)cc1OC. The van der Waals surface area contributed by atoms with Crippen LogP contribution in [0.4, 0.5) is 0 Å². The van der Waals surface area contributed by atoms with Gasteiger partial charge in [-0.15, -0.1) is 0 Å². The molecule has 2 aliphatic rings. The van der Waals surface area contributed by atoms with Gasteiger partial charge in [0, 0.05) is 11.8 Å². The molecule has 1 heterocycles. The minimum Gasteiger partial charge on any atom is -0.493 e. The van der Waals surface area contributed by atoms with E-state index in [0.717, 1.165) is 5.56 Å². The lowest BCUT2D eigenvalue weighted by Crippen LogP contribution is -2.66. The maximum Gasteiger partial charge on any atom is 0.184 e. The lowest BCUT2D eigenvalue weighted by molar-refractivity contribution is -0.311. The van der Waals surface area contributed by atoms with Crippen molar-refractivity contribution < 1.29 is 29.9 Å². The molecule has 1 saturated carbocycles. The molecule has 3 rings (SSSR count). The van der Waals surface area contributed by atoms with Crippen molar-refractivity contribution in [2.24, 2.45) is 0 Å². The van der Waals surface area contributed by atoms with Crippen LogP contribution >= 0.6 is 0 Å². The molecule has 7 heteroatoms. The molecular weight excluding hydrogens is 314 g/mol. The van der Waals surface area contributed by atoms with Crippen molar-refractivity contribution >= 4 is 0 Å². The standard InChI is InChI=1S/C17H25NO6/c1-18-7-6-15(9-16(19,20)10-17(21,22)14(15)18)11-4-5-12(23-2)13(8-11)24-3/h4-5,8,14,19-22H,6-7,9-10H2,1-3H3/t14?,15-/m1/s1. The molecular formula is C17H25NO6. The summed E-state index contributed by atoms with van der Waals surface area (Å²) in [6.07, 6.45) is 0.0901. The molecule has 7 nitrogen and oxygen atoms in total. The van der Waals surface area contributed by atoms with E-state index >= 15 is 0 Å². The molecule has 1 aliphatic carbocycles. The summed E-state index contributed by atoms with van der Waals surface area (Å²) in [5.41, 5.74) is -0.0336. The summed E-state index contributed by atoms with van der Waals surface area (Å²) in [4.78, 5) is 1.87. The first-order chi connectivity index (χ1) is 11.1. The summed E-state index contributed by atoms with van der Waals surface area (Å²) in [6.45, 7) is 0.623. The van der Waals surface area contributed by atoms with Crippen LogP contribution in [0, 0.1) is 0 Å².